The molecule has 8 rings (SSSR count). The maximum absolute atomic E-state index is 13.9. The average Bonchev–Trinajstić information content (AvgIpc) is 3.93. The number of ether oxygens (including phenoxy) is 2. The molecule has 3 aliphatic rings. The maximum atomic E-state index is 13.9. The molecule has 5 heterocycles. The number of fused-ring (bicyclic) bond motifs is 2. The second-order valence-corrected chi connectivity index (χ2v) is 28.9. The van der Waals surface area contributed by atoms with E-state index >= 15 is 0 Å². The number of carbonyl (C=O) groups is 1. The first-order chi connectivity index (χ1) is 33.1. The average molecular weight is 996 g/mol. The molecule has 0 radical (unpaired) electrons. The molecule has 1 aliphatic carbocycles. The lowest BCUT2D eigenvalue weighted by atomic mass is 9.79. The number of piperidine rings is 1. The Labute approximate surface area is 417 Å². The van der Waals surface area contributed by atoms with Crippen LogP contribution in [0.2, 0.25) is 16.6 Å². The first-order valence-electron chi connectivity index (χ1n) is 25.6. The Morgan fingerprint density at radius 1 is 0.914 bits per heavy atom. The summed E-state index contributed by atoms with van der Waals surface area (Å²) in [6.45, 7) is 25.0. The zero-order valence-electron chi connectivity index (χ0n) is 43.6. The Morgan fingerprint density at radius 3 is 2.31 bits per heavy atom. The topological polar surface area (TPSA) is 151 Å². The van der Waals surface area contributed by atoms with E-state index in [9.17, 15) is 13.2 Å². The number of carbonyl (C=O) groups excluding carboxylic acids is 1. The van der Waals surface area contributed by atoms with Gasteiger partial charge in [-0.25, -0.2) is 4.68 Å². The minimum Gasteiger partial charge on any atom is -0.491 e. The van der Waals surface area contributed by atoms with Crippen LogP contribution in [0.3, 0.4) is 0 Å². The Kier molecular flexibility index (Phi) is 15.0. The normalized spacial score (nSPS) is 24.6. The fourth-order valence-corrected chi connectivity index (χ4v) is 18.7. The molecule has 2 aliphatic heterocycles. The number of aromatic nitrogens is 5. The molecule has 2 aromatic carbocycles. The molecule has 6 unspecified atom stereocenters. The van der Waals surface area contributed by atoms with Crippen LogP contribution in [0, 0.1) is 5.41 Å². The van der Waals surface area contributed by atoms with Gasteiger partial charge >= 0.3 is 0 Å². The van der Waals surface area contributed by atoms with Crippen LogP contribution < -0.4 is 19.7 Å². The van der Waals surface area contributed by atoms with Crippen molar-refractivity contribution in [2.75, 3.05) is 29.7 Å². The van der Waals surface area contributed by atoms with E-state index in [-0.39, 0.29) is 36.1 Å². The molecular formula is C54H77N7O7SSi. The molecule has 6 atom stereocenters. The van der Waals surface area contributed by atoms with Crippen molar-refractivity contribution in [2.24, 2.45) is 5.41 Å². The number of anilines is 2. The summed E-state index contributed by atoms with van der Waals surface area (Å²) in [6.07, 6.45) is 10.3. The number of nitrogens with zero attached hydrogens (tertiary/aromatic N) is 6. The highest BCUT2D eigenvalue weighted by molar-refractivity contribution is 7.85. The van der Waals surface area contributed by atoms with Crippen molar-refractivity contribution in [3.8, 4) is 17.2 Å². The predicted molar refractivity (Wildman–Crippen MR) is 279 cm³/mol. The van der Waals surface area contributed by atoms with E-state index in [1.165, 1.54) is 17.5 Å². The largest absolute Gasteiger partial charge is 0.491 e. The summed E-state index contributed by atoms with van der Waals surface area (Å²) < 4.78 is 52.6. The Morgan fingerprint density at radius 2 is 1.63 bits per heavy atom. The minimum absolute atomic E-state index is 0.0181. The number of amides is 1. The lowest BCUT2D eigenvalue weighted by Crippen LogP contribution is -2.66. The van der Waals surface area contributed by atoms with Crippen molar-refractivity contribution in [2.45, 2.75) is 180 Å². The smallest absolute Gasteiger partial charge is 0.264 e. The summed E-state index contributed by atoms with van der Waals surface area (Å²) in [5, 5.41) is 17.4. The lowest BCUT2D eigenvalue weighted by Gasteiger charge is -2.64. The number of hydrogen-bond donors (Lipinski definition) is 1. The summed E-state index contributed by atoms with van der Waals surface area (Å²) in [4.78, 5) is 16.3. The van der Waals surface area contributed by atoms with E-state index in [0.29, 0.717) is 64.9 Å². The highest BCUT2D eigenvalue weighted by Gasteiger charge is 2.67. The summed E-state index contributed by atoms with van der Waals surface area (Å²) >= 11 is 0. The van der Waals surface area contributed by atoms with Crippen LogP contribution in [0.4, 0.5) is 11.8 Å². The summed E-state index contributed by atoms with van der Waals surface area (Å²) in [5.41, 5.74) is 6.93. The zero-order chi connectivity index (χ0) is 50.3. The van der Waals surface area contributed by atoms with Gasteiger partial charge in [0.2, 0.25) is 20.2 Å². The van der Waals surface area contributed by atoms with Gasteiger partial charge in [0.1, 0.15) is 36.6 Å². The number of rotatable bonds is 18. The van der Waals surface area contributed by atoms with Crippen molar-refractivity contribution >= 4 is 41.8 Å². The van der Waals surface area contributed by atoms with Gasteiger partial charge in [-0.05, 0) is 116 Å². The Hall–Kier alpha value is -4.77. The van der Waals surface area contributed by atoms with Gasteiger partial charge in [-0.3, -0.25) is 13.4 Å². The fraction of sp³-hybridized carbons (Fsp3) is 0.593. The summed E-state index contributed by atoms with van der Waals surface area (Å²) in [7, 11) is -5.80. The van der Waals surface area contributed by atoms with E-state index in [2.05, 4.69) is 125 Å². The molecule has 3 aromatic heterocycles. The monoisotopic (exact) mass is 996 g/mol. The van der Waals surface area contributed by atoms with Gasteiger partial charge in [-0.2, -0.15) is 13.5 Å². The van der Waals surface area contributed by atoms with Crippen LogP contribution in [0.1, 0.15) is 162 Å². The molecule has 1 amide bonds. The third kappa shape index (κ3) is 10.6. The molecule has 16 heteroatoms. The van der Waals surface area contributed by atoms with Crippen molar-refractivity contribution < 1.29 is 31.3 Å². The summed E-state index contributed by atoms with van der Waals surface area (Å²) in [5.74, 6) is 3.00. The van der Waals surface area contributed by atoms with Gasteiger partial charge in [0.15, 0.2) is 5.65 Å². The van der Waals surface area contributed by atoms with Crippen LogP contribution in [0.5, 0.6) is 11.5 Å². The number of nitrogens with one attached hydrogen (secondary N) is 1. The van der Waals surface area contributed by atoms with Crippen molar-refractivity contribution in [1.29, 1.82) is 0 Å². The van der Waals surface area contributed by atoms with E-state index in [1.807, 2.05) is 42.6 Å². The second kappa shape index (κ2) is 20.4. The lowest BCUT2D eigenvalue weighted by molar-refractivity contribution is -0.116. The molecule has 70 heavy (non-hydrogen) atoms. The highest BCUT2D eigenvalue weighted by atomic mass is 32.2. The third-order valence-corrected chi connectivity index (χ3v) is 23.5. The van der Waals surface area contributed by atoms with Crippen molar-refractivity contribution in [3.63, 3.8) is 0 Å². The highest BCUT2D eigenvalue weighted by Crippen LogP contribution is 2.68. The molecule has 380 valence electrons. The number of hydrogen-bond acceptors (Lipinski definition) is 11. The van der Waals surface area contributed by atoms with Gasteiger partial charge in [0.25, 0.3) is 10.1 Å². The van der Waals surface area contributed by atoms with Crippen LogP contribution in [0.15, 0.2) is 66.9 Å². The van der Waals surface area contributed by atoms with Gasteiger partial charge < -0.3 is 24.1 Å². The van der Waals surface area contributed by atoms with Gasteiger partial charge in [0.05, 0.1) is 30.4 Å². The van der Waals surface area contributed by atoms with Gasteiger partial charge in [-0.1, -0.05) is 92.6 Å². The predicted octanol–water partition coefficient (Wildman–Crippen LogP) is 11.8. The fourth-order valence-electron chi connectivity index (χ4n) is 11.8. The van der Waals surface area contributed by atoms with Crippen LogP contribution >= 0.6 is 0 Å². The Balaban J connectivity index is 0.952. The Bertz CT molecular complexity index is 2740. The van der Waals surface area contributed by atoms with Crippen LogP contribution in [-0.2, 0) is 35.5 Å². The molecule has 0 spiro atoms. The SMILES string of the molecule is CC1CCCC(C)N1c1nnc2ccc(OC3CCC(CCCC(=O)Nc4cc(C(C)(C)C)nn4-c4ccc(CO[Si]5(C(C)C)C(C)C(C)(C)C5C)c(OCCOS(C)(=O)=O)c4)c4ccccc43)cn12. The first kappa shape index (κ1) is 51.6. The van der Waals surface area contributed by atoms with E-state index in [4.69, 9.17) is 23.2 Å². The van der Waals surface area contributed by atoms with E-state index in [1.54, 1.807) is 4.68 Å². The number of pyridine rings is 1. The minimum atomic E-state index is -3.64. The molecule has 2 fully saturated rings. The first-order valence-corrected chi connectivity index (χ1v) is 29.6. The molecule has 5 aromatic rings. The molecule has 0 saturated carbocycles. The standard InChI is InChI=1S/C54H77N7O7SSi/c1-35(2)70(38(5)54(10,11)39(70)6)67-34-41-23-25-42(31-47(41)65-29-30-66-69(12,63)64)61-50(32-48(58-61)53(7,8)9)55-51(62)22-16-19-40-24-27-46(45-21-14-13-20-44(40)45)68-43-26-28-49-56-57-52(59(49)33-43)60-36(3)17-15-18-37(60)4/h13-14,20-21,23,25-26,28,31-33,35-40,46H,15-19,22,24,27,29-30,34H2,1-12H3,(H,55,62). The molecule has 0 bridgehead atoms. The van der Waals surface area contributed by atoms with Crippen LogP contribution in [-0.4, -0.2) is 78.6 Å². The van der Waals surface area contributed by atoms with Gasteiger partial charge in [0, 0.05) is 41.6 Å². The van der Waals surface area contributed by atoms with E-state index in [0.717, 1.165) is 73.4 Å². The van der Waals surface area contributed by atoms with E-state index < -0.39 is 18.4 Å². The maximum Gasteiger partial charge on any atom is 0.264 e. The number of benzene rings is 2. The molecular weight excluding hydrogens is 919 g/mol. The zero-order valence-corrected chi connectivity index (χ0v) is 45.4. The molecule has 1 N–H and O–H groups in total. The third-order valence-electron chi connectivity index (χ3n) is 16.2. The van der Waals surface area contributed by atoms with Crippen LogP contribution in [0.25, 0.3) is 11.3 Å². The molecule has 2 saturated heterocycles. The van der Waals surface area contributed by atoms with Crippen molar-refractivity contribution in [3.05, 3.63) is 89.2 Å². The quantitative estimate of drug-likeness (QED) is 0.0507. The van der Waals surface area contributed by atoms with Crippen molar-refractivity contribution in [1.82, 2.24) is 24.4 Å². The molecule has 14 nitrogen and oxygen atoms in total. The van der Waals surface area contributed by atoms with Gasteiger partial charge in [-0.15, -0.1) is 10.2 Å². The second-order valence-electron chi connectivity index (χ2n) is 22.4. The summed E-state index contributed by atoms with van der Waals surface area (Å²) in [6, 6.07) is 21.2.